The van der Waals surface area contributed by atoms with Crippen LogP contribution in [0.5, 0.6) is 0 Å². The second-order valence-electron chi connectivity index (χ2n) is 7.85. The van der Waals surface area contributed by atoms with E-state index in [2.05, 4.69) is 10.6 Å². The summed E-state index contributed by atoms with van der Waals surface area (Å²) in [6.45, 7) is 0.921. The van der Waals surface area contributed by atoms with Gasteiger partial charge >= 0.3 is 0 Å². The van der Waals surface area contributed by atoms with E-state index in [1.165, 1.54) is 29.5 Å². The Morgan fingerprint density at radius 1 is 1.07 bits per heavy atom. The van der Waals surface area contributed by atoms with Crippen LogP contribution in [0.15, 0.2) is 41.8 Å². The zero-order valence-electron chi connectivity index (χ0n) is 16.5. The third-order valence-corrected chi connectivity index (χ3v) is 6.48. The number of benzene rings is 1. The van der Waals surface area contributed by atoms with Crippen molar-refractivity contribution in [1.82, 2.24) is 15.5 Å². The highest BCUT2D eigenvalue weighted by molar-refractivity contribution is 7.12. The monoisotopic (exact) mass is 429 g/mol. The fourth-order valence-electron chi connectivity index (χ4n) is 3.78. The number of hydrogen-bond acceptors (Lipinski definition) is 4. The minimum Gasteiger partial charge on any atom is -0.352 e. The number of nitrogens with one attached hydrogen (secondary N) is 2. The van der Waals surface area contributed by atoms with Crippen LogP contribution in [-0.4, -0.2) is 47.8 Å². The molecule has 3 amide bonds. The zero-order valence-corrected chi connectivity index (χ0v) is 17.3. The van der Waals surface area contributed by atoms with Crippen molar-refractivity contribution in [2.24, 2.45) is 5.92 Å². The maximum atomic E-state index is 13.4. The number of thiophene rings is 1. The smallest absolute Gasteiger partial charge is 0.262 e. The average Bonchev–Trinajstić information content (AvgIpc) is 3.39. The summed E-state index contributed by atoms with van der Waals surface area (Å²) in [4.78, 5) is 40.3. The van der Waals surface area contributed by atoms with Crippen LogP contribution < -0.4 is 10.6 Å². The second-order valence-corrected chi connectivity index (χ2v) is 8.80. The predicted molar refractivity (Wildman–Crippen MR) is 112 cm³/mol. The van der Waals surface area contributed by atoms with Crippen molar-refractivity contribution < 1.29 is 18.8 Å². The van der Waals surface area contributed by atoms with Crippen LogP contribution in [0.2, 0.25) is 0 Å². The van der Waals surface area contributed by atoms with E-state index >= 15 is 0 Å². The van der Waals surface area contributed by atoms with Crippen LogP contribution in [0.3, 0.4) is 0 Å². The molecule has 0 radical (unpaired) electrons. The molecular formula is C22H24FN3O3S. The van der Waals surface area contributed by atoms with E-state index in [4.69, 9.17) is 0 Å². The predicted octanol–water partition coefficient (Wildman–Crippen LogP) is 2.82. The van der Waals surface area contributed by atoms with Gasteiger partial charge in [-0.2, -0.15) is 0 Å². The van der Waals surface area contributed by atoms with Gasteiger partial charge in [0.15, 0.2) is 0 Å². The highest BCUT2D eigenvalue weighted by atomic mass is 32.1. The summed E-state index contributed by atoms with van der Waals surface area (Å²) in [6.07, 6.45) is 3.12. The number of carbonyl (C=O) groups is 3. The zero-order chi connectivity index (χ0) is 21.1. The normalized spacial score (nSPS) is 18.0. The molecule has 1 aromatic carbocycles. The van der Waals surface area contributed by atoms with E-state index in [1.54, 1.807) is 23.1 Å². The molecule has 4 rings (SSSR count). The Hall–Kier alpha value is -2.74. The summed E-state index contributed by atoms with van der Waals surface area (Å²) in [5, 5.41) is 7.73. The Morgan fingerprint density at radius 2 is 1.83 bits per heavy atom. The summed E-state index contributed by atoms with van der Waals surface area (Å²) in [5.74, 6) is -1.13. The van der Waals surface area contributed by atoms with Gasteiger partial charge in [0.2, 0.25) is 5.91 Å². The Kier molecular flexibility index (Phi) is 6.13. The van der Waals surface area contributed by atoms with E-state index in [1.807, 2.05) is 5.38 Å². The van der Waals surface area contributed by atoms with Gasteiger partial charge in [-0.15, -0.1) is 11.3 Å². The third kappa shape index (κ3) is 4.87. The largest absolute Gasteiger partial charge is 0.352 e. The van der Waals surface area contributed by atoms with Crippen molar-refractivity contribution in [3.63, 3.8) is 0 Å². The first kappa shape index (κ1) is 20.5. The number of carbonyl (C=O) groups excluding carboxylic acids is 3. The van der Waals surface area contributed by atoms with E-state index in [0.29, 0.717) is 36.4 Å². The van der Waals surface area contributed by atoms with Gasteiger partial charge < -0.3 is 15.5 Å². The SMILES string of the molecule is O=C(NC(C(=O)NC1CC1)C1CCN(C(=O)c2cccc(F)c2)CC1)c1cccs1. The molecule has 30 heavy (non-hydrogen) atoms. The van der Waals surface area contributed by atoms with Gasteiger partial charge in [-0.3, -0.25) is 14.4 Å². The van der Waals surface area contributed by atoms with Crippen LogP contribution in [0.4, 0.5) is 4.39 Å². The standard InChI is InChI=1S/C22H24FN3O3S/c23-16-4-1-3-15(13-16)22(29)26-10-8-14(9-11-26)19(21(28)24-17-6-7-17)25-20(27)18-5-2-12-30-18/h1-5,12-14,17,19H,6-11H2,(H,24,28)(H,25,27). The van der Waals surface area contributed by atoms with Crippen LogP contribution >= 0.6 is 11.3 Å². The summed E-state index contributed by atoms with van der Waals surface area (Å²) in [5.41, 5.74) is 0.322. The first-order valence-electron chi connectivity index (χ1n) is 10.2. The molecule has 1 aliphatic carbocycles. The van der Waals surface area contributed by atoms with Gasteiger partial charge in [0.1, 0.15) is 11.9 Å². The molecule has 2 aromatic rings. The molecule has 6 nitrogen and oxygen atoms in total. The van der Waals surface area contributed by atoms with Crippen molar-refractivity contribution in [2.75, 3.05) is 13.1 Å². The molecule has 158 valence electrons. The number of amides is 3. The number of likely N-dealkylation sites (tertiary alicyclic amines) is 1. The molecule has 1 unspecified atom stereocenters. The lowest BCUT2D eigenvalue weighted by atomic mass is 9.88. The van der Waals surface area contributed by atoms with Crippen LogP contribution in [0.25, 0.3) is 0 Å². The molecular weight excluding hydrogens is 405 g/mol. The first-order valence-corrected chi connectivity index (χ1v) is 11.1. The molecule has 8 heteroatoms. The number of halogens is 1. The van der Waals surface area contributed by atoms with Crippen molar-refractivity contribution in [3.8, 4) is 0 Å². The minimum absolute atomic E-state index is 0.0655. The lowest BCUT2D eigenvalue weighted by Gasteiger charge is -2.35. The molecule has 1 aromatic heterocycles. The Labute approximate surface area is 178 Å². The van der Waals surface area contributed by atoms with Crippen LogP contribution in [-0.2, 0) is 4.79 Å². The molecule has 1 saturated heterocycles. The summed E-state index contributed by atoms with van der Waals surface area (Å²) < 4.78 is 13.4. The van der Waals surface area contributed by atoms with Gasteiger partial charge in [-0.1, -0.05) is 12.1 Å². The van der Waals surface area contributed by atoms with Gasteiger partial charge in [0, 0.05) is 24.7 Å². The number of piperidine rings is 1. The maximum absolute atomic E-state index is 13.4. The molecule has 1 saturated carbocycles. The van der Waals surface area contributed by atoms with Crippen LogP contribution in [0.1, 0.15) is 45.7 Å². The van der Waals surface area contributed by atoms with E-state index in [0.717, 1.165) is 12.8 Å². The average molecular weight is 430 g/mol. The highest BCUT2D eigenvalue weighted by Gasteiger charge is 2.36. The minimum atomic E-state index is -0.633. The third-order valence-electron chi connectivity index (χ3n) is 5.61. The van der Waals surface area contributed by atoms with Crippen molar-refractivity contribution in [2.45, 2.75) is 37.8 Å². The van der Waals surface area contributed by atoms with Gasteiger partial charge in [0.05, 0.1) is 4.88 Å². The molecule has 2 fully saturated rings. The summed E-state index contributed by atoms with van der Waals surface area (Å²) >= 11 is 1.33. The number of rotatable bonds is 6. The highest BCUT2D eigenvalue weighted by Crippen LogP contribution is 2.25. The topological polar surface area (TPSA) is 78.5 Å². The maximum Gasteiger partial charge on any atom is 0.262 e. The van der Waals surface area contributed by atoms with Crippen molar-refractivity contribution in [3.05, 3.63) is 58.0 Å². The van der Waals surface area contributed by atoms with E-state index in [9.17, 15) is 18.8 Å². The Morgan fingerprint density at radius 3 is 2.47 bits per heavy atom. The summed E-state index contributed by atoms with van der Waals surface area (Å²) in [7, 11) is 0. The number of nitrogens with zero attached hydrogens (tertiary/aromatic N) is 1. The van der Waals surface area contributed by atoms with Gasteiger partial charge in [-0.25, -0.2) is 4.39 Å². The van der Waals surface area contributed by atoms with E-state index in [-0.39, 0.29) is 29.7 Å². The second kappa shape index (κ2) is 8.95. The molecule has 0 bridgehead atoms. The molecule has 2 aliphatic rings. The molecule has 0 spiro atoms. The summed E-state index contributed by atoms with van der Waals surface area (Å²) in [6, 6.07) is 8.77. The molecule has 1 atom stereocenters. The van der Waals surface area contributed by atoms with E-state index < -0.39 is 11.9 Å². The lowest BCUT2D eigenvalue weighted by molar-refractivity contribution is -0.124. The van der Waals surface area contributed by atoms with Crippen molar-refractivity contribution >= 4 is 29.1 Å². The molecule has 2 N–H and O–H groups in total. The first-order chi connectivity index (χ1) is 14.5. The van der Waals surface area contributed by atoms with Crippen molar-refractivity contribution in [1.29, 1.82) is 0 Å². The lowest BCUT2D eigenvalue weighted by Crippen LogP contribution is -2.54. The van der Waals surface area contributed by atoms with Gasteiger partial charge in [0.25, 0.3) is 11.8 Å². The fraction of sp³-hybridized carbons (Fsp3) is 0.409. The molecule has 1 aliphatic heterocycles. The number of hydrogen-bond donors (Lipinski definition) is 2. The fourth-order valence-corrected chi connectivity index (χ4v) is 4.40. The Bertz CT molecular complexity index is 921. The Balaban J connectivity index is 1.41. The molecule has 2 heterocycles. The quantitative estimate of drug-likeness (QED) is 0.741. The van der Waals surface area contributed by atoms with Crippen LogP contribution in [0, 0.1) is 11.7 Å². The van der Waals surface area contributed by atoms with Gasteiger partial charge in [-0.05, 0) is 61.2 Å².